The fraction of sp³-hybridized carbons (Fsp3) is 0.455. The number of aliphatic carboxylic acids is 1. The number of alkyl halides is 3. The molecule has 1 aromatic rings. The smallest absolute Gasteiger partial charge is 0.394 e. The van der Waals surface area contributed by atoms with Crippen molar-refractivity contribution in [3.63, 3.8) is 0 Å². The number of furan rings is 1. The van der Waals surface area contributed by atoms with Gasteiger partial charge in [0.25, 0.3) is 5.91 Å². The van der Waals surface area contributed by atoms with Crippen LogP contribution in [0.1, 0.15) is 10.4 Å². The van der Waals surface area contributed by atoms with Crippen molar-refractivity contribution in [3.8, 4) is 0 Å². The van der Waals surface area contributed by atoms with Crippen molar-refractivity contribution < 1.29 is 32.3 Å². The van der Waals surface area contributed by atoms with Crippen LogP contribution in [0.15, 0.2) is 23.0 Å². The molecule has 8 heteroatoms. The number of amides is 1. The highest BCUT2D eigenvalue weighted by atomic mass is 19.4. The molecule has 1 aliphatic rings. The summed E-state index contributed by atoms with van der Waals surface area (Å²) in [6.45, 7) is -1.10. The molecule has 0 aliphatic carbocycles. The predicted molar refractivity (Wildman–Crippen MR) is 55.3 cm³/mol. The van der Waals surface area contributed by atoms with Crippen LogP contribution in [-0.2, 0) is 4.79 Å². The van der Waals surface area contributed by atoms with E-state index in [4.69, 9.17) is 5.11 Å². The van der Waals surface area contributed by atoms with Crippen LogP contribution >= 0.6 is 0 Å². The van der Waals surface area contributed by atoms with Gasteiger partial charge in [0, 0.05) is 13.1 Å². The lowest BCUT2D eigenvalue weighted by atomic mass is 9.96. The number of rotatable bonds is 2. The number of halogens is 3. The van der Waals surface area contributed by atoms with Crippen LogP contribution in [0, 0.1) is 11.8 Å². The van der Waals surface area contributed by atoms with E-state index in [-0.39, 0.29) is 5.56 Å². The second-order valence-electron chi connectivity index (χ2n) is 4.31. The Morgan fingerprint density at radius 2 is 2.05 bits per heavy atom. The van der Waals surface area contributed by atoms with Gasteiger partial charge in [-0.1, -0.05) is 0 Å². The molecule has 1 aliphatic heterocycles. The largest absolute Gasteiger partial charge is 0.481 e. The lowest BCUT2D eigenvalue weighted by Crippen LogP contribution is -2.34. The Labute approximate surface area is 105 Å². The minimum absolute atomic E-state index is 0.104. The first-order valence-corrected chi connectivity index (χ1v) is 5.41. The van der Waals surface area contributed by atoms with Crippen LogP contribution in [0.2, 0.25) is 0 Å². The number of hydrogen-bond acceptors (Lipinski definition) is 3. The van der Waals surface area contributed by atoms with Gasteiger partial charge >= 0.3 is 12.1 Å². The monoisotopic (exact) mass is 277 g/mol. The van der Waals surface area contributed by atoms with Gasteiger partial charge < -0.3 is 14.4 Å². The summed E-state index contributed by atoms with van der Waals surface area (Å²) in [7, 11) is 0. The quantitative estimate of drug-likeness (QED) is 0.891. The fourth-order valence-corrected chi connectivity index (χ4v) is 2.12. The zero-order valence-corrected chi connectivity index (χ0v) is 9.55. The first-order valence-electron chi connectivity index (χ1n) is 5.41. The van der Waals surface area contributed by atoms with Crippen molar-refractivity contribution in [1.29, 1.82) is 0 Å². The van der Waals surface area contributed by atoms with Crippen molar-refractivity contribution in [2.45, 2.75) is 6.18 Å². The lowest BCUT2D eigenvalue weighted by Gasteiger charge is -2.18. The summed E-state index contributed by atoms with van der Waals surface area (Å²) >= 11 is 0. The number of carbonyl (C=O) groups is 2. The molecule has 0 radical (unpaired) electrons. The van der Waals surface area contributed by atoms with E-state index in [2.05, 4.69) is 4.42 Å². The Morgan fingerprint density at radius 3 is 2.47 bits per heavy atom. The summed E-state index contributed by atoms with van der Waals surface area (Å²) in [5.41, 5.74) is 0.104. The summed E-state index contributed by atoms with van der Waals surface area (Å²) in [5, 5.41) is 8.82. The predicted octanol–water partition coefficient (Wildman–Crippen LogP) is 1.61. The van der Waals surface area contributed by atoms with Gasteiger partial charge in [-0.3, -0.25) is 9.59 Å². The van der Waals surface area contributed by atoms with E-state index < -0.39 is 43.0 Å². The van der Waals surface area contributed by atoms with E-state index in [1.807, 2.05) is 0 Å². The molecule has 2 heterocycles. The molecule has 19 heavy (non-hydrogen) atoms. The minimum atomic E-state index is -4.64. The average Bonchev–Trinajstić information content (AvgIpc) is 2.96. The molecule has 1 N–H and O–H groups in total. The maximum absolute atomic E-state index is 12.7. The third kappa shape index (κ3) is 2.56. The molecule has 0 saturated carbocycles. The number of likely N-dealkylation sites (tertiary alicyclic amines) is 1. The van der Waals surface area contributed by atoms with Crippen molar-refractivity contribution in [3.05, 3.63) is 24.2 Å². The third-order valence-corrected chi connectivity index (χ3v) is 3.11. The Morgan fingerprint density at radius 1 is 1.37 bits per heavy atom. The maximum atomic E-state index is 12.7. The van der Waals surface area contributed by atoms with E-state index in [0.29, 0.717) is 0 Å². The second kappa shape index (κ2) is 4.60. The minimum Gasteiger partial charge on any atom is -0.481 e. The molecule has 0 bridgehead atoms. The van der Waals surface area contributed by atoms with E-state index in [0.717, 1.165) is 11.2 Å². The molecular formula is C11H10F3NO4. The molecule has 2 rings (SSSR count). The molecule has 2 atom stereocenters. The topological polar surface area (TPSA) is 70.8 Å². The molecule has 1 amide bonds. The zero-order valence-electron chi connectivity index (χ0n) is 9.55. The van der Waals surface area contributed by atoms with Gasteiger partial charge in [-0.15, -0.1) is 0 Å². The lowest BCUT2D eigenvalue weighted by molar-refractivity contribution is -0.187. The molecule has 5 nitrogen and oxygen atoms in total. The zero-order chi connectivity index (χ0) is 14.2. The maximum Gasteiger partial charge on any atom is 0.394 e. The van der Waals surface area contributed by atoms with Gasteiger partial charge in [-0.2, -0.15) is 13.2 Å². The Kier molecular flexibility index (Phi) is 3.25. The number of hydrogen-bond donors (Lipinski definition) is 1. The average molecular weight is 277 g/mol. The van der Waals surface area contributed by atoms with E-state index in [1.165, 1.54) is 12.3 Å². The summed E-state index contributed by atoms with van der Waals surface area (Å²) in [6.07, 6.45) is -2.31. The van der Waals surface area contributed by atoms with E-state index >= 15 is 0 Å². The van der Waals surface area contributed by atoms with Crippen molar-refractivity contribution in [2.75, 3.05) is 13.1 Å². The third-order valence-electron chi connectivity index (χ3n) is 3.11. The number of carbonyl (C=O) groups excluding carboxylic acids is 1. The summed E-state index contributed by atoms with van der Waals surface area (Å²) in [4.78, 5) is 23.6. The van der Waals surface area contributed by atoms with Gasteiger partial charge in [-0.25, -0.2) is 0 Å². The summed E-state index contributed by atoms with van der Waals surface area (Å²) < 4.78 is 42.9. The molecule has 1 fully saturated rings. The van der Waals surface area contributed by atoms with Crippen LogP contribution in [0.5, 0.6) is 0 Å². The highest BCUT2D eigenvalue weighted by Gasteiger charge is 2.53. The normalized spacial score (nSPS) is 23.6. The Bertz CT molecular complexity index is 483. The number of carboxylic acids is 1. The highest BCUT2D eigenvalue weighted by molar-refractivity contribution is 5.94. The molecule has 104 valence electrons. The van der Waals surface area contributed by atoms with Gasteiger partial charge in [-0.05, 0) is 6.07 Å². The van der Waals surface area contributed by atoms with Crippen LogP contribution < -0.4 is 0 Å². The van der Waals surface area contributed by atoms with Gasteiger partial charge in [0.05, 0.1) is 23.7 Å². The van der Waals surface area contributed by atoms with Crippen LogP contribution in [-0.4, -0.2) is 41.1 Å². The van der Waals surface area contributed by atoms with Crippen LogP contribution in [0.4, 0.5) is 13.2 Å². The fourth-order valence-electron chi connectivity index (χ4n) is 2.12. The Hall–Kier alpha value is -1.99. The first-order chi connectivity index (χ1) is 8.80. The van der Waals surface area contributed by atoms with Crippen molar-refractivity contribution in [1.82, 2.24) is 4.90 Å². The van der Waals surface area contributed by atoms with E-state index in [9.17, 15) is 22.8 Å². The second-order valence-corrected chi connectivity index (χ2v) is 4.31. The summed E-state index contributed by atoms with van der Waals surface area (Å²) in [5.74, 6) is -5.88. The van der Waals surface area contributed by atoms with Crippen LogP contribution in [0.3, 0.4) is 0 Å². The molecule has 1 saturated heterocycles. The standard InChI is InChI=1S/C11H10F3NO4/c12-11(13,14)8-4-15(3-7(8)10(17)18)9(16)6-1-2-19-5-6/h1-2,5,7-8H,3-4H2,(H,17,18)/t7-,8-/m1/s1. The Balaban J connectivity index is 2.19. The first kappa shape index (κ1) is 13.4. The number of carboxylic acid groups (broad SMARTS) is 1. The van der Waals surface area contributed by atoms with Gasteiger partial charge in [0.2, 0.25) is 0 Å². The van der Waals surface area contributed by atoms with Crippen molar-refractivity contribution in [2.24, 2.45) is 11.8 Å². The molecule has 0 aromatic carbocycles. The summed E-state index contributed by atoms with van der Waals surface area (Å²) in [6, 6.07) is 1.32. The van der Waals surface area contributed by atoms with Gasteiger partial charge in [0.1, 0.15) is 6.26 Å². The van der Waals surface area contributed by atoms with Crippen LogP contribution in [0.25, 0.3) is 0 Å². The van der Waals surface area contributed by atoms with Gasteiger partial charge in [0.15, 0.2) is 0 Å². The molecule has 0 spiro atoms. The van der Waals surface area contributed by atoms with Crippen molar-refractivity contribution >= 4 is 11.9 Å². The number of nitrogens with zero attached hydrogens (tertiary/aromatic N) is 1. The van der Waals surface area contributed by atoms with E-state index in [1.54, 1.807) is 0 Å². The SMILES string of the molecule is O=C(O)[C@@H]1CN(C(=O)c2ccoc2)C[C@H]1C(F)(F)F. The molecular weight excluding hydrogens is 267 g/mol. The molecule has 0 unspecified atom stereocenters. The highest BCUT2D eigenvalue weighted by Crippen LogP contribution is 2.38. The molecule has 1 aromatic heterocycles.